The lowest BCUT2D eigenvalue weighted by Crippen LogP contribution is -2.26. The molecule has 1 aromatic heterocycles. The molecule has 0 saturated heterocycles. The van der Waals surface area contributed by atoms with Gasteiger partial charge in [0.05, 0.1) is 28.4 Å². The van der Waals surface area contributed by atoms with Gasteiger partial charge in [-0.15, -0.1) is 0 Å². The van der Waals surface area contributed by atoms with E-state index in [0.29, 0.717) is 27.5 Å². The van der Waals surface area contributed by atoms with E-state index in [2.05, 4.69) is 6.07 Å². The van der Waals surface area contributed by atoms with Gasteiger partial charge in [0.2, 0.25) is 0 Å². The third-order valence-corrected chi connectivity index (χ3v) is 5.01. The van der Waals surface area contributed by atoms with Crippen LogP contribution in [0, 0.1) is 11.3 Å². The highest BCUT2D eigenvalue weighted by atomic mass is 35.5. The van der Waals surface area contributed by atoms with E-state index >= 15 is 0 Å². The molecule has 0 aliphatic rings. The van der Waals surface area contributed by atoms with Crippen molar-refractivity contribution in [2.45, 2.75) is 0 Å². The van der Waals surface area contributed by atoms with Crippen molar-refractivity contribution in [3.8, 4) is 17.3 Å². The fourth-order valence-electron chi connectivity index (χ4n) is 3.20. The molecule has 1 heterocycles. The number of pyridine rings is 1. The van der Waals surface area contributed by atoms with E-state index in [1.807, 2.05) is 42.5 Å². The topological polar surface area (TPSA) is 57.0 Å². The molecule has 3 aromatic carbocycles. The van der Waals surface area contributed by atoms with E-state index in [9.17, 15) is 4.79 Å². The van der Waals surface area contributed by atoms with E-state index in [0.717, 1.165) is 16.5 Å². The molecule has 0 spiro atoms. The maximum absolute atomic E-state index is 13.4. The van der Waals surface area contributed by atoms with Gasteiger partial charge >= 0.3 is 0 Å². The third kappa shape index (κ3) is 3.69. The number of rotatable bonds is 3. The molecule has 1 amide bonds. The molecule has 0 aliphatic carbocycles. The zero-order valence-electron chi connectivity index (χ0n) is 15.6. The Morgan fingerprint density at radius 3 is 2.52 bits per heavy atom. The van der Waals surface area contributed by atoms with Crippen LogP contribution in [0.4, 0.5) is 5.69 Å². The van der Waals surface area contributed by atoms with Crippen LogP contribution < -0.4 is 4.90 Å². The van der Waals surface area contributed by atoms with Gasteiger partial charge in [0, 0.05) is 28.7 Å². The van der Waals surface area contributed by atoms with E-state index in [4.69, 9.17) is 21.8 Å². The van der Waals surface area contributed by atoms with Crippen LogP contribution in [0.5, 0.6) is 0 Å². The zero-order valence-corrected chi connectivity index (χ0v) is 16.4. The van der Waals surface area contributed by atoms with Crippen LogP contribution >= 0.6 is 11.6 Å². The number of fused-ring (bicyclic) bond motifs is 1. The Labute approximate surface area is 173 Å². The molecule has 0 saturated carbocycles. The highest BCUT2D eigenvalue weighted by molar-refractivity contribution is 6.30. The summed E-state index contributed by atoms with van der Waals surface area (Å²) in [6.45, 7) is 0. The first kappa shape index (κ1) is 18.7. The molecule has 0 aliphatic heterocycles. The van der Waals surface area contributed by atoms with Crippen molar-refractivity contribution in [3.05, 3.63) is 95.0 Å². The molecule has 0 bridgehead atoms. The first-order chi connectivity index (χ1) is 14.1. The SMILES string of the molecule is CN(C(=O)c1cc(-c2ccc(Cl)cc2)nc2ccccc12)c1cccc(C#N)c1. The number of benzene rings is 3. The molecular formula is C24H16ClN3O. The maximum atomic E-state index is 13.4. The molecule has 29 heavy (non-hydrogen) atoms. The van der Waals surface area contributed by atoms with Gasteiger partial charge in [0.1, 0.15) is 0 Å². The van der Waals surface area contributed by atoms with E-state index < -0.39 is 0 Å². The summed E-state index contributed by atoms with van der Waals surface area (Å²) < 4.78 is 0. The molecule has 0 N–H and O–H groups in total. The van der Waals surface area contributed by atoms with Gasteiger partial charge in [0.15, 0.2) is 0 Å². The largest absolute Gasteiger partial charge is 0.311 e. The minimum absolute atomic E-state index is 0.172. The predicted molar refractivity (Wildman–Crippen MR) is 116 cm³/mol. The Balaban J connectivity index is 1.84. The monoisotopic (exact) mass is 397 g/mol. The highest BCUT2D eigenvalue weighted by Gasteiger charge is 2.19. The summed E-state index contributed by atoms with van der Waals surface area (Å²) in [7, 11) is 1.70. The van der Waals surface area contributed by atoms with Crippen molar-refractivity contribution < 1.29 is 4.79 Å². The second-order valence-electron chi connectivity index (χ2n) is 6.61. The molecule has 0 unspecified atom stereocenters. The number of halogens is 1. The number of carbonyl (C=O) groups excluding carboxylic acids is 1. The Hall–Kier alpha value is -3.68. The summed E-state index contributed by atoms with van der Waals surface area (Å²) in [6, 6.07) is 25.8. The van der Waals surface area contributed by atoms with Crippen LogP contribution in [0.15, 0.2) is 78.9 Å². The first-order valence-corrected chi connectivity index (χ1v) is 9.38. The molecule has 0 radical (unpaired) electrons. The fourth-order valence-corrected chi connectivity index (χ4v) is 3.33. The number of anilines is 1. The van der Waals surface area contributed by atoms with Gasteiger partial charge in [-0.3, -0.25) is 4.79 Å². The van der Waals surface area contributed by atoms with Gasteiger partial charge in [-0.1, -0.05) is 48.0 Å². The molecule has 5 heteroatoms. The third-order valence-electron chi connectivity index (χ3n) is 4.75. The number of amides is 1. The Bertz CT molecular complexity index is 1260. The normalized spacial score (nSPS) is 10.5. The van der Waals surface area contributed by atoms with Crippen LogP contribution in [0.25, 0.3) is 22.2 Å². The molecule has 4 rings (SSSR count). The van der Waals surface area contributed by atoms with Gasteiger partial charge in [0.25, 0.3) is 5.91 Å². The van der Waals surface area contributed by atoms with Gasteiger partial charge in [-0.2, -0.15) is 5.26 Å². The van der Waals surface area contributed by atoms with Crippen molar-refractivity contribution in [3.63, 3.8) is 0 Å². The lowest BCUT2D eigenvalue weighted by atomic mass is 10.0. The van der Waals surface area contributed by atoms with Crippen LogP contribution in [0.2, 0.25) is 5.02 Å². The zero-order chi connectivity index (χ0) is 20.4. The molecule has 0 fully saturated rings. The Kier molecular flexibility index (Phi) is 4.99. The van der Waals surface area contributed by atoms with Crippen LogP contribution in [0.1, 0.15) is 15.9 Å². The van der Waals surface area contributed by atoms with Gasteiger partial charge < -0.3 is 4.90 Å². The molecule has 0 atom stereocenters. The number of aromatic nitrogens is 1. The summed E-state index contributed by atoms with van der Waals surface area (Å²) in [5.41, 5.74) is 4.02. The summed E-state index contributed by atoms with van der Waals surface area (Å²) in [5.74, 6) is -0.172. The maximum Gasteiger partial charge on any atom is 0.258 e. The minimum atomic E-state index is -0.172. The molecule has 4 aromatic rings. The van der Waals surface area contributed by atoms with Crippen LogP contribution in [0.3, 0.4) is 0 Å². The lowest BCUT2D eigenvalue weighted by Gasteiger charge is -2.19. The van der Waals surface area contributed by atoms with Crippen molar-refractivity contribution in [2.75, 3.05) is 11.9 Å². The quantitative estimate of drug-likeness (QED) is 0.445. The summed E-state index contributed by atoms with van der Waals surface area (Å²) in [5, 5.41) is 10.6. The smallest absolute Gasteiger partial charge is 0.258 e. The Morgan fingerprint density at radius 1 is 1.00 bits per heavy atom. The van der Waals surface area contributed by atoms with Crippen molar-refractivity contribution >= 4 is 34.1 Å². The van der Waals surface area contributed by atoms with Crippen molar-refractivity contribution in [1.82, 2.24) is 4.98 Å². The van der Waals surface area contributed by atoms with Crippen LogP contribution in [-0.2, 0) is 0 Å². The van der Waals surface area contributed by atoms with Crippen LogP contribution in [-0.4, -0.2) is 17.9 Å². The first-order valence-electron chi connectivity index (χ1n) is 9.01. The number of para-hydroxylation sites is 1. The number of hydrogen-bond acceptors (Lipinski definition) is 3. The minimum Gasteiger partial charge on any atom is -0.311 e. The van der Waals surface area contributed by atoms with E-state index in [1.54, 1.807) is 48.3 Å². The highest BCUT2D eigenvalue weighted by Crippen LogP contribution is 2.28. The molecule has 140 valence electrons. The van der Waals surface area contributed by atoms with Gasteiger partial charge in [-0.25, -0.2) is 4.98 Å². The summed E-state index contributed by atoms with van der Waals surface area (Å²) in [4.78, 5) is 19.7. The summed E-state index contributed by atoms with van der Waals surface area (Å²) in [6.07, 6.45) is 0. The van der Waals surface area contributed by atoms with Crippen molar-refractivity contribution in [1.29, 1.82) is 5.26 Å². The average Bonchev–Trinajstić information content (AvgIpc) is 2.78. The number of nitrogens with zero attached hydrogens (tertiary/aromatic N) is 3. The average molecular weight is 398 g/mol. The Morgan fingerprint density at radius 2 is 1.76 bits per heavy atom. The number of nitriles is 1. The second kappa shape index (κ2) is 7.75. The van der Waals surface area contributed by atoms with E-state index in [1.165, 1.54) is 0 Å². The lowest BCUT2D eigenvalue weighted by molar-refractivity contribution is 0.0994. The second-order valence-corrected chi connectivity index (χ2v) is 7.04. The molecular weight excluding hydrogens is 382 g/mol. The standard InChI is InChI=1S/C24H16ClN3O/c1-28(19-6-4-5-16(13-19)15-26)24(29)21-14-23(17-9-11-18(25)12-10-17)27-22-8-3-2-7-20(21)22/h2-14H,1H3. The van der Waals surface area contributed by atoms with Crippen molar-refractivity contribution in [2.24, 2.45) is 0 Å². The molecule has 4 nitrogen and oxygen atoms in total. The fraction of sp³-hybridized carbons (Fsp3) is 0.0417. The number of hydrogen-bond donors (Lipinski definition) is 0. The summed E-state index contributed by atoms with van der Waals surface area (Å²) >= 11 is 6.01. The van der Waals surface area contributed by atoms with E-state index in [-0.39, 0.29) is 5.91 Å². The van der Waals surface area contributed by atoms with Gasteiger partial charge in [-0.05, 0) is 42.5 Å². The number of carbonyl (C=O) groups is 1. The predicted octanol–water partition coefficient (Wildman–Crippen LogP) is 5.70.